The van der Waals surface area contributed by atoms with Crippen LogP contribution in [0.4, 0.5) is 5.69 Å². The largest absolute Gasteiger partial charge is 0.478 e. The summed E-state index contributed by atoms with van der Waals surface area (Å²) in [7, 11) is -2.34. The normalized spacial score (nSPS) is 11.2. The van der Waals surface area contributed by atoms with Gasteiger partial charge in [0.25, 0.3) is 10.0 Å². The van der Waals surface area contributed by atoms with Crippen LogP contribution in [0.1, 0.15) is 28.4 Å². The smallest absolute Gasteiger partial charge is 0.335 e. The van der Waals surface area contributed by atoms with Gasteiger partial charge in [0, 0.05) is 12.8 Å². The molecule has 0 heterocycles. The molecule has 0 unspecified atom stereocenters. The van der Waals surface area contributed by atoms with Crippen molar-refractivity contribution in [1.29, 1.82) is 0 Å². The number of carboxylic acid groups (broad SMARTS) is 1. The molecule has 0 radical (unpaired) electrons. The second-order valence-electron chi connectivity index (χ2n) is 5.22. The molecule has 0 aliphatic rings. The highest BCUT2D eigenvalue weighted by atomic mass is 32.2. The Kier molecular flexibility index (Phi) is 5.58. The Morgan fingerprint density at radius 2 is 1.96 bits per heavy atom. The number of aryl methyl sites for hydroxylation is 1. The summed E-state index contributed by atoms with van der Waals surface area (Å²) in [5, 5.41) is 9.09. The highest BCUT2D eigenvalue weighted by Crippen LogP contribution is 2.22. The third-order valence-electron chi connectivity index (χ3n) is 3.47. The minimum Gasteiger partial charge on any atom is -0.478 e. The number of hydrogen-bond donors (Lipinski definition) is 2. The molecule has 0 aliphatic carbocycles. The topological polar surface area (TPSA) is 92.7 Å². The molecule has 2 N–H and O–H groups in total. The summed E-state index contributed by atoms with van der Waals surface area (Å²) in [5.41, 5.74) is 1.71. The molecule has 0 saturated carbocycles. The summed E-state index contributed by atoms with van der Waals surface area (Å²) in [6, 6.07) is 11.0. The molecule has 0 atom stereocenters. The number of methoxy groups -OCH3 is 1. The van der Waals surface area contributed by atoms with E-state index in [1.54, 1.807) is 25.3 Å². The zero-order valence-electron chi connectivity index (χ0n) is 13.4. The Morgan fingerprint density at radius 1 is 1.21 bits per heavy atom. The maximum absolute atomic E-state index is 12.7. The monoisotopic (exact) mass is 349 g/mol. The molecule has 0 fully saturated rings. The van der Waals surface area contributed by atoms with Gasteiger partial charge in [-0.2, -0.15) is 0 Å². The van der Waals surface area contributed by atoms with Crippen molar-refractivity contribution in [2.24, 2.45) is 0 Å². The number of benzene rings is 2. The van der Waals surface area contributed by atoms with Gasteiger partial charge in [0.1, 0.15) is 0 Å². The van der Waals surface area contributed by atoms with Crippen LogP contribution in [0.25, 0.3) is 0 Å². The Bertz CT molecular complexity index is 846. The van der Waals surface area contributed by atoms with Crippen LogP contribution in [0, 0.1) is 0 Å². The van der Waals surface area contributed by atoms with Crippen LogP contribution in [0.2, 0.25) is 0 Å². The number of ether oxygens (including phenoxy) is 1. The fraction of sp³-hybridized carbons (Fsp3) is 0.235. The minimum atomic E-state index is -3.90. The molecule has 24 heavy (non-hydrogen) atoms. The molecule has 7 heteroatoms. The third-order valence-corrected chi connectivity index (χ3v) is 4.94. The number of carboxylic acids is 1. The fourth-order valence-electron chi connectivity index (χ4n) is 2.33. The Labute approximate surface area is 141 Å². The summed E-state index contributed by atoms with van der Waals surface area (Å²) in [4.78, 5) is 11.1. The summed E-state index contributed by atoms with van der Waals surface area (Å²) in [6.45, 7) is 2.18. The summed E-state index contributed by atoms with van der Waals surface area (Å²) >= 11 is 0. The van der Waals surface area contributed by atoms with E-state index < -0.39 is 16.0 Å². The number of sulfonamides is 1. The Morgan fingerprint density at radius 3 is 2.58 bits per heavy atom. The molecular formula is C17H19NO5S. The molecule has 0 spiro atoms. The van der Waals surface area contributed by atoms with Gasteiger partial charge in [0.2, 0.25) is 0 Å². The van der Waals surface area contributed by atoms with E-state index in [0.717, 1.165) is 5.56 Å². The van der Waals surface area contributed by atoms with E-state index in [9.17, 15) is 13.2 Å². The molecule has 0 amide bonds. The van der Waals surface area contributed by atoms with Crippen LogP contribution >= 0.6 is 0 Å². The lowest BCUT2D eigenvalue weighted by Crippen LogP contribution is -2.16. The average molecular weight is 349 g/mol. The molecule has 6 nitrogen and oxygen atoms in total. The van der Waals surface area contributed by atoms with Gasteiger partial charge in [0.05, 0.1) is 17.1 Å². The third kappa shape index (κ3) is 4.12. The van der Waals surface area contributed by atoms with Gasteiger partial charge in [-0.1, -0.05) is 25.1 Å². The number of rotatable bonds is 7. The first-order valence-corrected chi connectivity index (χ1v) is 8.82. The summed E-state index contributed by atoms with van der Waals surface area (Å²) in [6.07, 6.45) is 0.472. The molecule has 0 aliphatic heterocycles. The first-order valence-electron chi connectivity index (χ1n) is 7.34. The first-order chi connectivity index (χ1) is 11.4. The first kappa shape index (κ1) is 18.0. The molecule has 2 aromatic rings. The van der Waals surface area contributed by atoms with Gasteiger partial charge < -0.3 is 9.84 Å². The lowest BCUT2D eigenvalue weighted by atomic mass is 10.1. The van der Waals surface area contributed by atoms with Crippen molar-refractivity contribution in [3.63, 3.8) is 0 Å². The maximum Gasteiger partial charge on any atom is 0.335 e. The minimum absolute atomic E-state index is 0.0259. The fourth-order valence-corrected chi connectivity index (χ4v) is 3.72. The quantitative estimate of drug-likeness (QED) is 0.802. The van der Waals surface area contributed by atoms with Gasteiger partial charge in [0.15, 0.2) is 0 Å². The zero-order valence-corrected chi connectivity index (χ0v) is 14.3. The predicted molar refractivity (Wildman–Crippen MR) is 90.7 cm³/mol. The number of aromatic carboxylic acids is 1. The van der Waals surface area contributed by atoms with E-state index >= 15 is 0 Å². The number of hydrogen-bond acceptors (Lipinski definition) is 4. The van der Waals surface area contributed by atoms with Gasteiger partial charge in [-0.05, 0) is 41.8 Å². The van der Waals surface area contributed by atoms with Crippen LogP contribution in [-0.4, -0.2) is 26.6 Å². The average Bonchev–Trinajstić information content (AvgIpc) is 2.54. The van der Waals surface area contributed by atoms with Gasteiger partial charge in [-0.15, -0.1) is 0 Å². The van der Waals surface area contributed by atoms with E-state index in [4.69, 9.17) is 9.84 Å². The van der Waals surface area contributed by atoms with Crippen molar-refractivity contribution in [2.45, 2.75) is 24.8 Å². The number of nitrogens with one attached hydrogen (secondary N) is 1. The molecule has 2 aromatic carbocycles. The van der Waals surface area contributed by atoms with Gasteiger partial charge in [-0.3, -0.25) is 4.72 Å². The van der Waals surface area contributed by atoms with E-state index in [1.807, 2.05) is 13.0 Å². The van der Waals surface area contributed by atoms with Crippen molar-refractivity contribution < 1.29 is 23.1 Å². The van der Waals surface area contributed by atoms with E-state index in [2.05, 4.69) is 4.72 Å². The Balaban J connectivity index is 2.41. The molecular weight excluding hydrogens is 330 g/mol. The van der Waals surface area contributed by atoms with E-state index in [0.29, 0.717) is 24.3 Å². The highest BCUT2D eigenvalue weighted by molar-refractivity contribution is 7.92. The zero-order chi connectivity index (χ0) is 17.7. The summed E-state index contributed by atoms with van der Waals surface area (Å²) in [5.74, 6) is -1.17. The van der Waals surface area contributed by atoms with Crippen molar-refractivity contribution in [3.8, 4) is 0 Å². The van der Waals surface area contributed by atoms with E-state index in [-0.39, 0.29) is 10.5 Å². The van der Waals surface area contributed by atoms with Gasteiger partial charge in [-0.25, -0.2) is 13.2 Å². The molecule has 0 bridgehead atoms. The summed E-state index contributed by atoms with van der Waals surface area (Å²) < 4.78 is 32.9. The second-order valence-corrected chi connectivity index (χ2v) is 6.87. The Hall–Kier alpha value is -2.38. The highest BCUT2D eigenvalue weighted by Gasteiger charge is 2.20. The van der Waals surface area contributed by atoms with Crippen LogP contribution in [-0.2, 0) is 27.8 Å². The van der Waals surface area contributed by atoms with Crippen molar-refractivity contribution in [2.75, 3.05) is 11.8 Å². The number of carbonyl (C=O) groups is 1. The lowest BCUT2D eigenvalue weighted by molar-refractivity contribution is 0.0696. The van der Waals surface area contributed by atoms with Crippen LogP contribution < -0.4 is 4.72 Å². The van der Waals surface area contributed by atoms with Crippen molar-refractivity contribution in [1.82, 2.24) is 0 Å². The second kappa shape index (κ2) is 7.46. The maximum atomic E-state index is 12.7. The lowest BCUT2D eigenvalue weighted by Gasteiger charge is -2.13. The van der Waals surface area contributed by atoms with Crippen LogP contribution in [0.5, 0.6) is 0 Å². The predicted octanol–water partition coefficient (Wildman–Crippen LogP) is 2.89. The van der Waals surface area contributed by atoms with Crippen molar-refractivity contribution in [3.05, 3.63) is 59.2 Å². The van der Waals surface area contributed by atoms with Crippen LogP contribution in [0.3, 0.4) is 0 Å². The number of anilines is 1. The molecule has 0 aromatic heterocycles. The van der Waals surface area contributed by atoms with Gasteiger partial charge >= 0.3 is 5.97 Å². The molecule has 2 rings (SSSR count). The van der Waals surface area contributed by atoms with Crippen molar-refractivity contribution >= 4 is 21.7 Å². The van der Waals surface area contributed by atoms with E-state index in [1.165, 1.54) is 18.2 Å². The molecule has 128 valence electrons. The standard InChI is InChI=1S/C17H19NO5S/c1-3-13-7-8-14(17(19)20)10-16(13)24(21,22)18-15-6-4-5-12(9-15)11-23-2/h4-10,18H,3,11H2,1-2H3,(H,19,20). The SMILES string of the molecule is CCc1ccc(C(=O)O)cc1S(=O)(=O)Nc1cccc(COC)c1. The molecule has 0 saturated heterocycles. The van der Waals surface area contributed by atoms with Crippen LogP contribution in [0.15, 0.2) is 47.4 Å².